The molecule has 0 unspecified atom stereocenters. The Kier molecular flexibility index (Phi) is 3.36. The highest BCUT2D eigenvalue weighted by molar-refractivity contribution is 5.79. The molecule has 26 heavy (non-hydrogen) atoms. The molecule has 1 aromatic heterocycles. The van der Waals surface area contributed by atoms with Crippen molar-refractivity contribution in [3.05, 3.63) is 71.4 Å². The second kappa shape index (κ2) is 5.53. The fraction of sp³-hybridized carbons (Fsp3) is 0.318. The summed E-state index contributed by atoms with van der Waals surface area (Å²) >= 11 is 0. The van der Waals surface area contributed by atoms with E-state index < -0.39 is 11.0 Å². The van der Waals surface area contributed by atoms with Gasteiger partial charge >= 0.3 is 0 Å². The Hall–Kier alpha value is -2.43. The van der Waals surface area contributed by atoms with Crippen molar-refractivity contribution in [1.82, 2.24) is 10.3 Å². The van der Waals surface area contributed by atoms with Crippen LogP contribution in [0, 0.1) is 0 Å². The molecular formula is C22H22N2O2. The van der Waals surface area contributed by atoms with Gasteiger partial charge in [-0.1, -0.05) is 30.3 Å². The number of aromatic nitrogens is 1. The Morgan fingerprint density at radius 2 is 1.88 bits per heavy atom. The van der Waals surface area contributed by atoms with Crippen LogP contribution in [0.15, 0.2) is 54.6 Å². The third kappa shape index (κ3) is 2.19. The standard InChI is InChI=1S/C22H22N2O2/c25-18-6-3-5-17(11-18)21-8-9-23-14-22(21,26)12-16-10-15-4-1-2-7-19(15)24-20(16)13-21/h1-7,10-11,23,25-26H,8-9,12-14H2/t21-,22-/m0/s1. The lowest BCUT2D eigenvalue weighted by atomic mass is 9.56. The van der Waals surface area contributed by atoms with Gasteiger partial charge in [-0.05, 0) is 48.4 Å². The van der Waals surface area contributed by atoms with E-state index in [4.69, 9.17) is 4.98 Å². The molecule has 2 heterocycles. The summed E-state index contributed by atoms with van der Waals surface area (Å²) in [5.74, 6) is 0.245. The molecule has 2 aliphatic rings. The molecule has 0 radical (unpaired) electrons. The number of benzene rings is 2. The summed E-state index contributed by atoms with van der Waals surface area (Å²) in [6.45, 7) is 1.40. The average molecular weight is 346 g/mol. The van der Waals surface area contributed by atoms with E-state index >= 15 is 0 Å². The molecule has 1 aliphatic carbocycles. The van der Waals surface area contributed by atoms with Gasteiger partial charge in [0, 0.05) is 35.9 Å². The molecule has 0 spiro atoms. The highest BCUT2D eigenvalue weighted by Gasteiger charge is 2.55. The number of nitrogens with zero attached hydrogens (tertiary/aromatic N) is 1. The maximum Gasteiger partial charge on any atom is 0.115 e. The summed E-state index contributed by atoms with van der Waals surface area (Å²) in [6, 6.07) is 17.7. The summed E-state index contributed by atoms with van der Waals surface area (Å²) in [4.78, 5) is 4.94. The van der Waals surface area contributed by atoms with Crippen molar-refractivity contribution < 1.29 is 10.2 Å². The second-order valence-corrected chi connectivity index (χ2v) is 7.73. The van der Waals surface area contributed by atoms with Crippen LogP contribution in [0.2, 0.25) is 0 Å². The number of pyridine rings is 1. The predicted molar refractivity (Wildman–Crippen MR) is 101 cm³/mol. The molecule has 132 valence electrons. The van der Waals surface area contributed by atoms with Crippen molar-refractivity contribution in [1.29, 1.82) is 0 Å². The smallest absolute Gasteiger partial charge is 0.115 e. The summed E-state index contributed by atoms with van der Waals surface area (Å²) in [5.41, 5.74) is 2.87. The predicted octanol–water partition coefficient (Wildman–Crippen LogP) is 2.70. The van der Waals surface area contributed by atoms with Crippen LogP contribution in [-0.2, 0) is 18.3 Å². The maximum atomic E-state index is 11.7. The van der Waals surface area contributed by atoms with Gasteiger partial charge in [0.05, 0.1) is 11.1 Å². The maximum absolute atomic E-state index is 11.7. The van der Waals surface area contributed by atoms with Gasteiger partial charge in [0.1, 0.15) is 5.75 Å². The minimum atomic E-state index is -0.893. The summed E-state index contributed by atoms with van der Waals surface area (Å²) in [5, 5.41) is 26.3. The molecule has 0 bridgehead atoms. The lowest BCUT2D eigenvalue weighted by molar-refractivity contribution is -0.0661. The van der Waals surface area contributed by atoms with Gasteiger partial charge in [-0.25, -0.2) is 0 Å². The number of phenols is 1. The first kappa shape index (κ1) is 15.8. The first-order chi connectivity index (χ1) is 12.6. The first-order valence-electron chi connectivity index (χ1n) is 9.20. The second-order valence-electron chi connectivity index (χ2n) is 7.73. The minimum Gasteiger partial charge on any atom is -0.508 e. The van der Waals surface area contributed by atoms with Gasteiger partial charge in [-0.15, -0.1) is 0 Å². The number of phenolic OH excluding ortho intramolecular Hbond substituents is 1. The Bertz CT molecular complexity index is 1000. The van der Waals surface area contributed by atoms with Crippen LogP contribution >= 0.6 is 0 Å². The minimum absolute atomic E-state index is 0.245. The summed E-state index contributed by atoms with van der Waals surface area (Å²) < 4.78 is 0. The third-order valence-corrected chi connectivity index (χ3v) is 6.28. The molecule has 1 aliphatic heterocycles. The van der Waals surface area contributed by atoms with Crippen molar-refractivity contribution in [2.45, 2.75) is 30.3 Å². The number of nitrogens with one attached hydrogen (secondary N) is 1. The van der Waals surface area contributed by atoms with Crippen molar-refractivity contribution in [3.8, 4) is 5.75 Å². The molecule has 3 N–H and O–H groups in total. The SMILES string of the molecule is Oc1cccc([C@@]23CCNC[C@@]2(O)Cc2cc4ccccc4nc2C3)c1. The van der Waals surface area contributed by atoms with Gasteiger partial charge < -0.3 is 15.5 Å². The fourth-order valence-corrected chi connectivity index (χ4v) is 4.91. The van der Waals surface area contributed by atoms with E-state index in [-0.39, 0.29) is 5.75 Å². The molecule has 3 aromatic rings. The molecule has 1 fully saturated rings. The van der Waals surface area contributed by atoms with Crippen LogP contribution in [0.25, 0.3) is 10.9 Å². The van der Waals surface area contributed by atoms with E-state index in [1.165, 1.54) is 0 Å². The van der Waals surface area contributed by atoms with Gasteiger partial charge in [0.25, 0.3) is 0 Å². The average Bonchev–Trinajstić information content (AvgIpc) is 2.64. The van der Waals surface area contributed by atoms with Gasteiger partial charge in [0.2, 0.25) is 0 Å². The molecular weight excluding hydrogens is 324 g/mol. The topological polar surface area (TPSA) is 65.4 Å². The lowest BCUT2D eigenvalue weighted by Gasteiger charge is -2.54. The molecule has 0 amide bonds. The van der Waals surface area contributed by atoms with Gasteiger partial charge in [-0.3, -0.25) is 4.98 Å². The molecule has 1 saturated heterocycles. The van der Waals surface area contributed by atoms with E-state index in [2.05, 4.69) is 17.4 Å². The van der Waals surface area contributed by atoms with Crippen LogP contribution < -0.4 is 5.32 Å². The zero-order valence-electron chi connectivity index (χ0n) is 14.6. The molecule has 4 heteroatoms. The summed E-state index contributed by atoms with van der Waals surface area (Å²) in [7, 11) is 0. The zero-order chi connectivity index (χ0) is 17.8. The summed E-state index contributed by atoms with van der Waals surface area (Å²) in [6.07, 6.45) is 2.08. The van der Waals surface area contributed by atoms with Crippen LogP contribution in [-0.4, -0.2) is 33.9 Å². The van der Waals surface area contributed by atoms with Gasteiger partial charge in [0.15, 0.2) is 0 Å². The van der Waals surface area contributed by atoms with E-state index in [1.54, 1.807) is 6.07 Å². The number of para-hydroxylation sites is 1. The largest absolute Gasteiger partial charge is 0.508 e. The number of hydrogen-bond acceptors (Lipinski definition) is 4. The van der Waals surface area contributed by atoms with E-state index in [0.717, 1.165) is 40.7 Å². The Labute approximate surface area is 152 Å². The van der Waals surface area contributed by atoms with Crippen molar-refractivity contribution in [2.24, 2.45) is 0 Å². The fourth-order valence-electron chi connectivity index (χ4n) is 4.91. The molecule has 2 aromatic carbocycles. The van der Waals surface area contributed by atoms with Crippen molar-refractivity contribution in [3.63, 3.8) is 0 Å². The molecule has 5 rings (SSSR count). The van der Waals surface area contributed by atoms with Crippen molar-refractivity contribution in [2.75, 3.05) is 13.1 Å². The Balaban J connectivity index is 1.72. The number of piperidine rings is 1. The first-order valence-corrected chi connectivity index (χ1v) is 9.20. The van der Waals surface area contributed by atoms with E-state index in [9.17, 15) is 10.2 Å². The van der Waals surface area contributed by atoms with Crippen LogP contribution in [0.3, 0.4) is 0 Å². The third-order valence-electron chi connectivity index (χ3n) is 6.28. The number of aliphatic hydroxyl groups is 1. The van der Waals surface area contributed by atoms with Crippen molar-refractivity contribution >= 4 is 10.9 Å². The highest BCUT2D eigenvalue weighted by atomic mass is 16.3. The van der Waals surface area contributed by atoms with Crippen LogP contribution in [0.5, 0.6) is 5.75 Å². The molecule has 2 atom stereocenters. The highest BCUT2D eigenvalue weighted by Crippen LogP contribution is 2.49. The van der Waals surface area contributed by atoms with E-state index in [1.807, 2.05) is 36.4 Å². The molecule has 4 nitrogen and oxygen atoms in total. The zero-order valence-corrected chi connectivity index (χ0v) is 14.6. The van der Waals surface area contributed by atoms with Crippen LogP contribution in [0.1, 0.15) is 23.2 Å². The van der Waals surface area contributed by atoms with Gasteiger partial charge in [-0.2, -0.15) is 0 Å². The Morgan fingerprint density at radius 3 is 2.77 bits per heavy atom. The number of hydrogen-bond donors (Lipinski definition) is 3. The number of fused-ring (bicyclic) bond motifs is 3. The number of rotatable bonds is 1. The van der Waals surface area contributed by atoms with E-state index in [0.29, 0.717) is 19.4 Å². The molecule has 0 saturated carbocycles. The van der Waals surface area contributed by atoms with Crippen LogP contribution in [0.4, 0.5) is 0 Å². The quantitative estimate of drug-likeness (QED) is 0.634. The lowest BCUT2D eigenvalue weighted by Crippen LogP contribution is -2.65. The number of β-amino-alcohol motifs (C(OH)–C–C–N with tert-alkyl or cyclic N) is 1. The normalized spacial score (nSPS) is 27.7. The Morgan fingerprint density at radius 1 is 1.00 bits per heavy atom. The number of aromatic hydroxyl groups is 1. The monoisotopic (exact) mass is 346 g/mol.